The van der Waals surface area contributed by atoms with Crippen molar-refractivity contribution in [3.8, 4) is 5.75 Å². The molecule has 0 amide bonds. The molecule has 0 bridgehead atoms. The lowest BCUT2D eigenvalue weighted by Crippen LogP contribution is -2.21. The highest BCUT2D eigenvalue weighted by molar-refractivity contribution is 5.81. The molecule has 1 aromatic heterocycles. The average molecular weight is 411 g/mol. The van der Waals surface area contributed by atoms with Gasteiger partial charge >= 0.3 is 12.1 Å². The smallest absolute Gasteiger partial charge is 0.422 e. The third-order valence-electron chi connectivity index (χ3n) is 4.02. The van der Waals surface area contributed by atoms with Gasteiger partial charge in [0.05, 0.1) is 5.69 Å². The zero-order valence-electron chi connectivity index (χ0n) is 17.6. The second kappa shape index (κ2) is 10.3. The number of carboxylic acids is 1. The number of hydrogen-bond donors (Lipinski definition) is 1. The first-order chi connectivity index (χ1) is 13.3. The van der Waals surface area contributed by atoms with Gasteiger partial charge < -0.3 is 9.84 Å². The molecule has 0 radical (unpaired) electrons. The lowest BCUT2D eigenvalue weighted by molar-refractivity contribution is -0.153. The molecule has 1 aromatic rings. The number of pyridine rings is 1. The Hall–Kier alpha value is -2.57. The maximum atomic E-state index is 12.8. The van der Waals surface area contributed by atoms with Gasteiger partial charge in [0.25, 0.3) is 0 Å². The Morgan fingerprint density at radius 3 is 2.31 bits per heavy atom. The highest BCUT2D eigenvalue weighted by Gasteiger charge is 2.30. The fourth-order valence-corrected chi connectivity index (χ4v) is 2.54. The number of aliphatic carboxylic acids is 1. The minimum atomic E-state index is -4.46. The second-order valence-corrected chi connectivity index (χ2v) is 7.46. The molecule has 4 nitrogen and oxygen atoms in total. The molecule has 0 aliphatic carbocycles. The number of halogens is 3. The number of rotatable bonds is 8. The lowest BCUT2D eigenvalue weighted by Gasteiger charge is -2.21. The van der Waals surface area contributed by atoms with Crippen molar-refractivity contribution in [3.05, 3.63) is 52.9 Å². The van der Waals surface area contributed by atoms with Crippen LogP contribution in [-0.4, -0.2) is 28.8 Å². The molecule has 0 unspecified atom stereocenters. The maximum absolute atomic E-state index is 12.8. The van der Waals surface area contributed by atoms with Crippen molar-refractivity contribution in [2.75, 3.05) is 6.61 Å². The van der Waals surface area contributed by atoms with Crippen LogP contribution in [0.4, 0.5) is 13.2 Å². The van der Waals surface area contributed by atoms with Crippen LogP contribution in [0, 0.1) is 0 Å². The zero-order valence-corrected chi connectivity index (χ0v) is 17.6. The average Bonchev–Trinajstić information content (AvgIpc) is 2.57. The molecule has 160 valence electrons. The minimum Gasteiger partial charge on any atom is -0.482 e. The number of carbonyl (C=O) groups is 1. The molecule has 0 aromatic carbocycles. The molecule has 29 heavy (non-hydrogen) atoms. The quantitative estimate of drug-likeness (QED) is 0.405. The molecular formula is C22H28F3NO3. The van der Waals surface area contributed by atoms with E-state index >= 15 is 0 Å². The van der Waals surface area contributed by atoms with Crippen molar-refractivity contribution in [1.82, 2.24) is 4.98 Å². The van der Waals surface area contributed by atoms with Gasteiger partial charge in [-0.2, -0.15) is 13.2 Å². The van der Waals surface area contributed by atoms with E-state index in [0.29, 0.717) is 22.4 Å². The van der Waals surface area contributed by atoms with Crippen LogP contribution < -0.4 is 4.74 Å². The summed E-state index contributed by atoms with van der Waals surface area (Å²) >= 11 is 0. The Labute approximate surface area is 169 Å². The summed E-state index contributed by atoms with van der Waals surface area (Å²) < 4.78 is 43.5. The fourth-order valence-electron chi connectivity index (χ4n) is 2.54. The van der Waals surface area contributed by atoms with E-state index in [4.69, 9.17) is 9.84 Å². The molecule has 0 atom stereocenters. The molecule has 0 aliphatic heterocycles. The van der Waals surface area contributed by atoms with Gasteiger partial charge in [-0.05, 0) is 42.9 Å². The first-order valence-corrected chi connectivity index (χ1v) is 9.32. The molecule has 0 aliphatic rings. The first-order valence-electron chi connectivity index (χ1n) is 9.32. The van der Waals surface area contributed by atoms with Gasteiger partial charge in [0.2, 0.25) is 0 Å². The normalized spacial score (nSPS) is 13.6. The van der Waals surface area contributed by atoms with Crippen molar-refractivity contribution in [2.45, 2.75) is 59.6 Å². The molecule has 7 heteroatoms. The van der Waals surface area contributed by atoms with Crippen molar-refractivity contribution < 1.29 is 27.8 Å². The van der Waals surface area contributed by atoms with Gasteiger partial charge in [-0.1, -0.05) is 45.9 Å². The molecule has 0 saturated heterocycles. The van der Waals surface area contributed by atoms with Crippen LogP contribution in [0.3, 0.4) is 0 Å². The molecule has 0 fully saturated rings. The van der Waals surface area contributed by atoms with Crippen LogP contribution in [0.25, 0.3) is 5.57 Å². The number of hydrogen-bond acceptors (Lipinski definition) is 3. The van der Waals surface area contributed by atoms with Gasteiger partial charge in [-0.3, -0.25) is 4.98 Å². The summed E-state index contributed by atoms with van der Waals surface area (Å²) in [5.41, 5.74) is 3.01. The van der Waals surface area contributed by atoms with E-state index < -0.39 is 18.8 Å². The van der Waals surface area contributed by atoms with Crippen molar-refractivity contribution in [3.63, 3.8) is 0 Å². The Balaban J connectivity index is 3.48. The predicted octanol–water partition coefficient (Wildman–Crippen LogP) is 6.26. The topological polar surface area (TPSA) is 59.4 Å². The Morgan fingerprint density at radius 2 is 1.83 bits per heavy atom. The summed E-state index contributed by atoms with van der Waals surface area (Å²) in [7, 11) is 0. The highest BCUT2D eigenvalue weighted by Crippen LogP contribution is 2.36. The van der Waals surface area contributed by atoms with Gasteiger partial charge in [-0.25, -0.2) is 4.79 Å². The summed E-state index contributed by atoms with van der Waals surface area (Å²) in [5.74, 6) is -0.957. The zero-order chi connectivity index (χ0) is 22.4. The third-order valence-corrected chi connectivity index (χ3v) is 4.02. The third kappa shape index (κ3) is 8.13. The highest BCUT2D eigenvalue weighted by atomic mass is 19.4. The predicted molar refractivity (Wildman–Crippen MR) is 108 cm³/mol. The van der Waals surface area contributed by atoms with E-state index in [9.17, 15) is 18.0 Å². The molecule has 1 N–H and O–H groups in total. The van der Waals surface area contributed by atoms with E-state index in [1.165, 1.54) is 0 Å². The summed E-state index contributed by atoms with van der Waals surface area (Å²) in [6.07, 6.45) is 1.59. The van der Waals surface area contributed by atoms with Crippen molar-refractivity contribution in [1.29, 1.82) is 0 Å². The molecule has 1 rings (SSSR count). The number of allylic oxidation sites excluding steroid dienone is 5. The van der Waals surface area contributed by atoms with Crippen LogP contribution in [0.15, 0.2) is 35.9 Å². The monoisotopic (exact) mass is 411 g/mol. The van der Waals surface area contributed by atoms with Crippen LogP contribution in [0.1, 0.15) is 70.3 Å². The number of ether oxygens (including phenoxy) is 1. The van der Waals surface area contributed by atoms with Gasteiger partial charge in [0, 0.05) is 17.3 Å². The molecule has 1 heterocycles. The number of alkyl halides is 3. The largest absolute Gasteiger partial charge is 0.482 e. The molecule has 0 spiro atoms. The molecule has 0 saturated carbocycles. The Bertz CT molecular complexity index is 819. The summed E-state index contributed by atoms with van der Waals surface area (Å²) in [6, 6.07) is 1.75. The van der Waals surface area contributed by atoms with Crippen molar-refractivity contribution in [2.24, 2.45) is 0 Å². The maximum Gasteiger partial charge on any atom is 0.422 e. The van der Waals surface area contributed by atoms with E-state index in [2.05, 4.69) is 4.98 Å². The first kappa shape index (κ1) is 24.5. The Morgan fingerprint density at radius 1 is 1.21 bits per heavy atom. The molecular weight excluding hydrogens is 383 g/mol. The lowest BCUT2D eigenvalue weighted by atomic mass is 9.97. The van der Waals surface area contributed by atoms with E-state index in [1.54, 1.807) is 38.1 Å². The van der Waals surface area contributed by atoms with Gasteiger partial charge in [-0.15, -0.1) is 0 Å². The van der Waals surface area contributed by atoms with E-state index in [0.717, 1.165) is 11.8 Å². The minimum absolute atomic E-state index is 0.0898. The van der Waals surface area contributed by atoms with Crippen LogP contribution in [0.5, 0.6) is 5.75 Å². The summed E-state index contributed by atoms with van der Waals surface area (Å²) in [5, 5.41) is 8.76. The van der Waals surface area contributed by atoms with Crippen LogP contribution in [0.2, 0.25) is 0 Å². The SMILES string of the molecule is C/C(=C/C=C/C(C)=C/C(=O)O)c1cc(C(C)C)nc(C(C)C)c1OCC(F)(F)F. The number of aromatic nitrogens is 1. The van der Waals surface area contributed by atoms with Crippen LogP contribution >= 0.6 is 0 Å². The second-order valence-electron chi connectivity index (χ2n) is 7.46. The van der Waals surface area contributed by atoms with Gasteiger partial charge in [0.1, 0.15) is 5.75 Å². The van der Waals surface area contributed by atoms with E-state index in [-0.39, 0.29) is 17.6 Å². The fraction of sp³-hybridized carbons (Fsp3) is 0.455. The van der Waals surface area contributed by atoms with Gasteiger partial charge in [0.15, 0.2) is 6.61 Å². The van der Waals surface area contributed by atoms with E-state index in [1.807, 2.05) is 27.7 Å². The number of carboxylic acid groups (broad SMARTS) is 1. The standard InChI is InChI=1S/C22H28F3NO3/c1-13(2)18-11-17(16(6)9-7-8-15(5)10-19(27)28)21(20(26-18)14(3)4)29-12-22(23,24)25/h7-11,13-14H,12H2,1-6H3,(H,27,28)/b8-7+,15-10+,16-9-. The summed E-state index contributed by atoms with van der Waals surface area (Å²) in [6.45, 7) is 9.66. The van der Waals surface area contributed by atoms with Crippen molar-refractivity contribution >= 4 is 11.5 Å². The number of nitrogens with zero attached hydrogens (tertiary/aromatic N) is 1. The van der Waals surface area contributed by atoms with Crippen LogP contribution in [-0.2, 0) is 4.79 Å². The Kier molecular flexibility index (Phi) is 8.67. The summed E-state index contributed by atoms with van der Waals surface area (Å²) in [4.78, 5) is 15.2.